The van der Waals surface area contributed by atoms with Gasteiger partial charge in [-0.15, -0.1) is 0 Å². The molecule has 0 spiro atoms. The maximum atomic E-state index is 12.3. The van der Waals surface area contributed by atoms with Crippen LogP contribution in [-0.2, 0) is 42.1 Å². The second-order valence-electron chi connectivity index (χ2n) is 6.26. The Morgan fingerprint density at radius 2 is 1.19 bits per heavy atom. The minimum absolute atomic E-state index is 0.0960. The van der Waals surface area contributed by atoms with Gasteiger partial charge in [-0.1, -0.05) is 0 Å². The molecule has 0 amide bonds. The molecule has 6 nitrogen and oxygen atoms in total. The Morgan fingerprint density at radius 3 is 1.42 bits per heavy atom. The molecule has 0 saturated carbocycles. The Hall–Kier alpha value is -2.18. The third-order valence-electron chi connectivity index (χ3n) is 3.75. The molecule has 0 atom stereocenters. The molecule has 26 heavy (non-hydrogen) atoms. The van der Waals surface area contributed by atoms with E-state index in [4.69, 9.17) is 9.96 Å². The zero-order chi connectivity index (χ0) is 20.2. The van der Waals surface area contributed by atoms with E-state index in [0.29, 0.717) is 10.3 Å². The predicted molar refractivity (Wildman–Crippen MR) is 93.8 cm³/mol. The van der Waals surface area contributed by atoms with Gasteiger partial charge in [0.15, 0.2) is 0 Å². The van der Waals surface area contributed by atoms with Crippen molar-refractivity contribution in [1.82, 2.24) is 0 Å². The number of carbonyl (C=O) groups excluding carboxylic acids is 3. The molecule has 0 heterocycles. The molecule has 1 rings (SSSR count). The second-order valence-corrected chi connectivity index (χ2v) is 9.90. The van der Waals surface area contributed by atoms with Crippen LogP contribution in [0.4, 0.5) is 0 Å². The van der Waals surface area contributed by atoms with Crippen molar-refractivity contribution >= 4 is 17.9 Å². The average molecular weight is 396 g/mol. The van der Waals surface area contributed by atoms with E-state index >= 15 is 0 Å². The van der Waals surface area contributed by atoms with Gasteiger partial charge in [-0.05, 0) is 0 Å². The zero-order valence-electron chi connectivity index (χ0n) is 15.9. The Bertz CT molecular complexity index is 700. The normalized spacial score (nSPS) is 13.7. The Balaban J connectivity index is 3.55. The van der Waals surface area contributed by atoms with E-state index in [1.165, 1.54) is 20.8 Å². The van der Waals surface area contributed by atoms with Gasteiger partial charge >= 0.3 is 159 Å². The molecule has 140 valence electrons. The van der Waals surface area contributed by atoms with Crippen molar-refractivity contribution in [3.63, 3.8) is 0 Å². The topological polar surface area (TPSA) is 78.9 Å². The summed E-state index contributed by atoms with van der Waals surface area (Å²) in [5, 5.41) is 0. The van der Waals surface area contributed by atoms with Crippen LogP contribution < -0.4 is 0 Å². The first-order valence-corrected chi connectivity index (χ1v) is 10.6. The summed E-state index contributed by atoms with van der Waals surface area (Å²) in [6.07, 6.45) is 2.25. The average Bonchev–Trinajstić information content (AvgIpc) is 2.86. The predicted octanol–water partition coefficient (Wildman–Crippen LogP) is 3.87. The van der Waals surface area contributed by atoms with Gasteiger partial charge in [-0.2, -0.15) is 0 Å². The summed E-state index contributed by atoms with van der Waals surface area (Å²) < 4.78 is 17.1. The fourth-order valence-corrected chi connectivity index (χ4v) is 6.34. The van der Waals surface area contributed by atoms with Crippen LogP contribution in [-0.4, -0.2) is 17.9 Å². The molecular formula is C19H24O6Ti. The van der Waals surface area contributed by atoms with E-state index in [1.807, 2.05) is 13.0 Å². The van der Waals surface area contributed by atoms with Gasteiger partial charge in [-0.3, -0.25) is 0 Å². The van der Waals surface area contributed by atoms with Crippen molar-refractivity contribution in [3.8, 4) is 0 Å². The molecule has 0 radical (unpaired) electrons. The van der Waals surface area contributed by atoms with Gasteiger partial charge in [0.1, 0.15) is 0 Å². The van der Waals surface area contributed by atoms with Gasteiger partial charge in [0.25, 0.3) is 0 Å². The Kier molecular flexibility index (Phi) is 7.12. The van der Waals surface area contributed by atoms with Crippen molar-refractivity contribution in [2.75, 3.05) is 0 Å². The van der Waals surface area contributed by atoms with Crippen LogP contribution in [0.1, 0.15) is 41.0 Å². The third-order valence-corrected chi connectivity index (χ3v) is 7.94. The van der Waals surface area contributed by atoms with Crippen LogP contribution in [0.15, 0.2) is 57.6 Å². The molecule has 1 aliphatic carbocycles. The standard InChI is InChI=1S/C7H9.3C4H6O2.Ti/c1-6-4-3-5-7(6)2;3*1-3(2)4(5)6;/h4H,3H2,1-2H3;3*1H2,2H3,(H,5,6);/q;;;;+3/p-3. The summed E-state index contributed by atoms with van der Waals surface area (Å²) in [5.74, 6) is -2.38. The monoisotopic (exact) mass is 396 g/mol. The van der Waals surface area contributed by atoms with E-state index < -0.39 is 35.7 Å². The van der Waals surface area contributed by atoms with Gasteiger partial charge in [0.05, 0.1) is 0 Å². The van der Waals surface area contributed by atoms with Crippen molar-refractivity contribution < 1.29 is 42.1 Å². The summed E-state index contributed by atoms with van der Waals surface area (Å²) in [6, 6.07) is 0. The molecular weight excluding hydrogens is 372 g/mol. The molecule has 0 N–H and O–H groups in total. The van der Waals surface area contributed by atoms with Gasteiger partial charge < -0.3 is 0 Å². The molecule has 0 fully saturated rings. The zero-order valence-corrected chi connectivity index (χ0v) is 17.4. The van der Waals surface area contributed by atoms with Gasteiger partial charge in [0.2, 0.25) is 0 Å². The maximum absolute atomic E-state index is 12.3. The Morgan fingerprint density at radius 1 is 0.846 bits per heavy atom. The van der Waals surface area contributed by atoms with E-state index in [0.717, 1.165) is 11.1 Å². The molecule has 1 aliphatic rings. The van der Waals surface area contributed by atoms with E-state index in [9.17, 15) is 14.4 Å². The molecule has 0 aromatic carbocycles. The van der Waals surface area contributed by atoms with Crippen molar-refractivity contribution in [3.05, 3.63) is 57.6 Å². The van der Waals surface area contributed by atoms with Crippen molar-refractivity contribution in [1.29, 1.82) is 0 Å². The summed E-state index contributed by atoms with van der Waals surface area (Å²) in [6.45, 7) is 18.6. The number of hydrogen-bond donors (Lipinski definition) is 0. The van der Waals surface area contributed by atoms with Gasteiger partial charge in [0, 0.05) is 0 Å². The summed E-state index contributed by atoms with van der Waals surface area (Å²) in [5.41, 5.74) is 1.98. The van der Waals surface area contributed by atoms with Crippen LogP contribution in [0.2, 0.25) is 0 Å². The molecule has 0 aliphatic heterocycles. The van der Waals surface area contributed by atoms with Crippen LogP contribution in [0.3, 0.4) is 0 Å². The molecule has 0 unspecified atom stereocenters. The summed E-state index contributed by atoms with van der Waals surface area (Å²) >= 11 is -4.91. The first kappa shape index (κ1) is 21.9. The fourth-order valence-electron chi connectivity index (χ4n) is 2.03. The number of carbonyl (C=O) groups is 3. The number of allylic oxidation sites excluding steroid dienone is 4. The summed E-state index contributed by atoms with van der Waals surface area (Å²) in [4.78, 5) is 36.8. The molecule has 7 heteroatoms. The minimum atomic E-state index is -4.91. The van der Waals surface area contributed by atoms with Crippen molar-refractivity contribution in [2.45, 2.75) is 41.0 Å². The quantitative estimate of drug-likeness (QED) is 0.480. The first-order valence-electron chi connectivity index (χ1n) is 7.95. The van der Waals surface area contributed by atoms with Gasteiger partial charge in [-0.25, -0.2) is 0 Å². The van der Waals surface area contributed by atoms with Crippen LogP contribution in [0.5, 0.6) is 0 Å². The van der Waals surface area contributed by atoms with Crippen molar-refractivity contribution in [2.24, 2.45) is 0 Å². The summed E-state index contributed by atoms with van der Waals surface area (Å²) in [7, 11) is 0. The number of hydrogen-bond acceptors (Lipinski definition) is 6. The van der Waals surface area contributed by atoms with Crippen LogP contribution in [0.25, 0.3) is 0 Å². The van der Waals surface area contributed by atoms with E-state index in [2.05, 4.69) is 19.7 Å². The second kappa shape index (κ2) is 8.47. The van der Waals surface area contributed by atoms with Crippen LogP contribution >= 0.6 is 0 Å². The molecule has 0 saturated heterocycles. The van der Waals surface area contributed by atoms with E-state index in [-0.39, 0.29) is 16.7 Å². The van der Waals surface area contributed by atoms with E-state index in [1.54, 1.807) is 6.92 Å². The molecule has 0 aromatic heterocycles. The van der Waals surface area contributed by atoms with Crippen LogP contribution in [0, 0.1) is 0 Å². The fraction of sp³-hybridized carbons (Fsp3) is 0.316. The third kappa shape index (κ3) is 4.93. The SMILES string of the molecule is C=C(C)C(=O)[O][Ti]([O]C(=O)C(=C)C)([O]C(=O)C(=C)C)[C]1=C(C)C(C)=CC1. The molecule has 0 aromatic rings. The first-order chi connectivity index (χ1) is 11.9. The number of rotatable bonds is 7. The molecule has 0 bridgehead atoms. The Labute approximate surface area is 158 Å².